The van der Waals surface area contributed by atoms with Crippen LogP contribution in [0, 0.1) is 10.1 Å². The number of amides is 3. The second kappa shape index (κ2) is 10.8. The Morgan fingerprint density at radius 2 is 1.50 bits per heavy atom. The highest BCUT2D eigenvalue weighted by atomic mass is 79.9. The van der Waals surface area contributed by atoms with Gasteiger partial charge in [-0.25, -0.2) is 0 Å². The van der Waals surface area contributed by atoms with E-state index in [-0.39, 0.29) is 29.3 Å². The van der Waals surface area contributed by atoms with Gasteiger partial charge in [0.2, 0.25) is 5.91 Å². The first-order valence-electron chi connectivity index (χ1n) is 11.5. The van der Waals surface area contributed by atoms with Crippen molar-refractivity contribution in [3.8, 4) is 0 Å². The van der Waals surface area contributed by atoms with E-state index in [1.54, 1.807) is 24.3 Å². The maximum Gasteiger partial charge on any atom is 0.269 e. The lowest BCUT2D eigenvalue weighted by atomic mass is 10.0. The van der Waals surface area contributed by atoms with Gasteiger partial charge in [0.1, 0.15) is 6.04 Å². The summed E-state index contributed by atoms with van der Waals surface area (Å²) < 4.78 is 0. The van der Waals surface area contributed by atoms with Crippen LogP contribution in [-0.4, -0.2) is 38.9 Å². The summed E-state index contributed by atoms with van der Waals surface area (Å²) >= 11 is 3.42. The summed E-state index contributed by atoms with van der Waals surface area (Å²) in [7, 11) is 0. The fourth-order valence-corrected chi connectivity index (χ4v) is 4.70. The van der Waals surface area contributed by atoms with Crippen molar-refractivity contribution in [2.75, 3.05) is 5.33 Å². The maximum absolute atomic E-state index is 13.5. The number of hydrogen-bond acceptors (Lipinski definition) is 5. The van der Waals surface area contributed by atoms with Crippen molar-refractivity contribution in [3.63, 3.8) is 0 Å². The topological polar surface area (TPSA) is 110 Å². The lowest BCUT2D eigenvalue weighted by Crippen LogP contribution is -2.51. The third kappa shape index (κ3) is 5.21. The van der Waals surface area contributed by atoms with Crippen molar-refractivity contribution >= 4 is 39.3 Å². The Hall–Kier alpha value is -3.85. The molecule has 0 unspecified atom stereocenters. The standard InChI is InChI=1S/C27H24BrN3O5/c1-17(20-10-6-18(7-11-20)14-15-28)29-25(32)24(16-19-8-12-21(13-9-19)31(35)36)30-26(33)22-4-2-3-5-23(22)27(30)34/h2-13,17,24H,14-16H2,1H3,(H,29,32)/t17-,24+/m1/s1. The number of nitrogens with one attached hydrogen (secondary N) is 1. The Balaban J connectivity index is 1.61. The number of carbonyl (C=O) groups is 3. The fourth-order valence-electron chi connectivity index (χ4n) is 4.24. The fraction of sp³-hybridized carbons (Fsp3) is 0.222. The molecule has 184 valence electrons. The number of alkyl halides is 1. The zero-order valence-electron chi connectivity index (χ0n) is 19.5. The van der Waals surface area contributed by atoms with Crippen molar-refractivity contribution in [2.45, 2.75) is 31.8 Å². The molecule has 36 heavy (non-hydrogen) atoms. The first kappa shape index (κ1) is 25.2. The lowest BCUT2D eigenvalue weighted by Gasteiger charge is -2.27. The third-order valence-corrected chi connectivity index (χ3v) is 6.63. The SMILES string of the molecule is C[C@@H](NC(=O)[C@H](Cc1ccc([N+](=O)[O-])cc1)N1C(=O)c2ccccc2C1=O)c1ccc(CCBr)cc1. The summed E-state index contributed by atoms with van der Waals surface area (Å²) in [4.78, 5) is 51.4. The molecule has 0 aromatic heterocycles. The van der Waals surface area contributed by atoms with Gasteiger partial charge in [-0.3, -0.25) is 29.4 Å². The van der Waals surface area contributed by atoms with E-state index >= 15 is 0 Å². The van der Waals surface area contributed by atoms with Gasteiger partial charge in [0.25, 0.3) is 17.5 Å². The van der Waals surface area contributed by atoms with Crippen LogP contribution < -0.4 is 5.32 Å². The molecule has 0 aliphatic carbocycles. The minimum Gasteiger partial charge on any atom is -0.348 e. The van der Waals surface area contributed by atoms with E-state index < -0.39 is 28.7 Å². The number of benzene rings is 3. The van der Waals surface area contributed by atoms with Crippen molar-refractivity contribution < 1.29 is 19.3 Å². The molecule has 9 heteroatoms. The van der Waals surface area contributed by atoms with E-state index in [1.165, 1.54) is 24.3 Å². The second-order valence-corrected chi connectivity index (χ2v) is 9.37. The van der Waals surface area contributed by atoms with Crippen molar-refractivity contribution in [2.24, 2.45) is 0 Å². The second-order valence-electron chi connectivity index (χ2n) is 8.58. The van der Waals surface area contributed by atoms with Crippen molar-refractivity contribution in [1.29, 1.82) is 0 Å². The molecule has 0 bridgehead atoms. The van der Waals surface area contributed by atoms with Crippen LogP contribution in [0.2, 0.25) is 0 Å². The molecule has 0 saturated heterocycles. The van der Waals surface area contributed by atoms with E-state index in [2.05, 4.69) is 21.2 Å². The van der Waals surface area contributed by atoms with Crippen LogP contribution in [0.15, 0.2) is 72.8 Å². The molecule has 1 aliphatic rings. The van der Waals surface area contributed by atoms with E-state index in [0.717, 1.165) is 27.8 Å². The van der Waals surface area contributed by atoms with Gasteiger partial charge in [-0.05, 0) is 42.2 Å². The predicted octanol–water partition coefficient (Wildman–Crippen LogP) is 4.62. The van der Waals surface area contributed by atoms with Crippen LogP contribution in [0.3, 0.4) is 0 Å². The largest absolute Gasteiger partial charge is 0.348 e. The quantitative estimate of drug-likeness (QED) is 0.181. The summed E-state index contributed by atoms with van der Waals surface area (Å²) in [5.41, 5.74) is 3.05. The number of nitro groups is 1. The minimum absolute atomic E-state index is 0.0200. The number of halogens is 1. The molecule has 0 saturated carbocycles. The minimum atomic E-state index is -1.13. The van der Waals surface area contributed by atoms with Gasteiger partial charge in [0.05, 0.1) is 22.1 Å². The smallest absolute Gasteiger partial charge is 0.269 e. The van der Waals surface area contributed by atoms with Gasteiger partial charge in [-0.1, -0.05) is 64.5 Å². The van der Waals surface area contributed by atoms with Crippen molar-refractivity contribution in [3.05, 3.63) is 111 Å². The number of carbonyl (C=O) groups excluding carboxylic acids is 3. The van der Waals surface area contributed by atoms with Gasteiger partial charge < -0.3 is 5.32 Å². The zero-order valence-corrected chi connectivity index (χ0v) is 21.1. The van der Waals surface area contributed by atoms with Crippen LogP contribution >= 0.6 is 15.9 Å². The molecule has 3 aromatic rings. The van der Waals surface area contributed by atoms with Gasteiger partial charge in [-0.15, -0.1) is 0 Å². The first-order valence-corrected chi connectivity index (χ1v) is 12.6. The molecule has 1 aliphatic heterocycles. The first-order chi connectivity index (χ1) is 17.3. The number of rotatable bonds is 9. The zero-order chi connectivity index (χ0) is 25.8. The Bertz CT molecular complexity index is 1270. The van der Waals surface area contributed by atoms with Crippen LogP contribution in [0.4, 0.5) is 5.69 Å². The Labute approximate surface area is 216 Å². The van der Waals surface area contributed by atoms with Crippen LogP contribution in [0.5, 0.6) is 0 Å². The Kier molecular flexibility index (Phi) is 7.59. The molecule has 1 N–H and O–H groups in total. The third-order valence-electron chi connectivity index (χ3n) is 6.24. The number of imide groups is 1. The van der Waals surface area contributed by atoms with Gasteiger partial charge >= 0.3 is 0 Å². The molecule has 0 radical (unpaired) electrons. The molecule has 8 nitrogen and oxygen atoms in total. The van der Waals surface area contributed by atoms with Crippen molar-refractivity contribution in [1.82, 2.24) is 10.2 Å². The molecule has 2 atom stereocenters. The number of aryl methyl sites for hydroxylation is 1. The number of nitrogens with zero attached hydrogens (tertiary/aromatic N) is 2. The van der Waals surface area contributed by atoms with E-state index in [4.69, 9.17) is 0 Å². The maximum atomic E-state index is 13.5. The summed E-state index contributed by atoms with van der Waals surface area (Å²) in [6, 6.07) is 18.6. The van der Waals surface area contributed by atoms with Gasteiger partial charge in [0.15, 0.2) is 0 Å². The lowest BCUT2D eigenvalue weighted by molar-refractivity contribution is -0.384. The molecule has 1 heterocycles. The number of nitro benzene ring substituents is 1. The summed E-state index contributed by atoms with van der Waals surface area (Å²) in [5.74, 6) is -1.56. The highest BCUT2D eigenvalue weighted by Crippen LogP contribution is 2.27. The average Bonchev–Trinajstić information content (AvgIpc) is 3.13. The molecular formula is C27H24BrN3O5. The Morgan fingerprint density at radius 1 is 0.944 bits per heavy atom. The average molecular weight is 550 g/mol. The summed E-state index contributed by atoms with van der Waals surface area (Å²) in [6.07, 6.45) is 0.907. The number of non-ortho nitro benzene ring substituents is 1. The molecule has 0 fully saturated rings. The van der Waals surface area contributed by atoms with Crippen LogP contribution in [0.1, 0.15) is 50.4 Å². The normalized spacial score (nSPS) is 14.3. The van der Waals surface area contributed by atoms with E-state index in [1.807, 2.05) is 31.2 Å². The Morgan fingerprint density at radius 3 is 2.03 bits per heavy atom. The molecule has 3 amide bonds. The molecular weight excluding hydrogens is 526 g/mol. The number of fused-ring (bicyclic) bond motifs is 1. The summed E-state index contributed by atoms with van der Waals surface area (Å²) in [5, 5.41) is 14.8. The van der Waals surface area contributed by atoms with Crippen LogP contribution in [-0.2, 0) is 17.6 Å². The van der Waals surface area contributed by atoms with E-state index in [0.29, 0.717) is 5.56 Å². The summed E-state index contributed by atoms with van der Waals surface area (Å²) in [6.45, 7) is 1.84. The predicted molar refractivity (Wildman–Crippen MR) is 138 cm³/mol. The molecule has 0 spiro atoms. The van der Waals surface area contributed by atoms with Gasteiger partial charge in [0, 0.05) is 23.9 Å². The molecule has 4 rings (SSSR count). The van der Waals surface area contributed by atoms with E-state index in [9.17, 15) is 24.5 Å². The highest BCUT2D eigenvalue weighted by Gasteiger charge is 2.42. The monoisotopic (exact) mass is 549 g/mol. The van der Waals surface area contributed by atoms with Gasteiger partial charge in [-0.2, -0.15) is 0 Å². The molecule has 3 aromatic carbocycles. The highest BCUT2D eigenvalue weighted by molar-refractivity contribution is 9.09. The number of hydrogen-bond donors (Lipinski definition) is 1. The van der Waals surface area contributed by atoms with Crippen LogP contribution in [0.25, 0.3) is 0 Å².